The molecule has 0 unspecified atom stereocenters. The number of aliphatic hydroxyl groups excluding tert-OH is 1. The van der Waals surface area contributed by atoms with Crippen LogP contribution in [0.15, 0.2) is 29.0 Å². The van der Waals surface area contributed by atoms with E-state index in [1.54, 1.807) is 12.1 Å². The summed E-state index contributed by atoms with van der Waals surface area (Å²) < 4.78 is 0.835. The summed E-state index contributed by atoms with van der Waals surface area (Å²) in [5, 5.41) is 21.9. The van der Waals surface area contributed by atoms with Crippen molar-refractivity contribution in [2.45, 2.75) is 19.1 Å². The molecule has 1 aromatic heterocycles. The van der Waals surface area contributed by atoms with Crippen molar-refractivity contribution in [3.05, 3.63) is 29.0 Å². The molecule has 3 N–H and O–H groups in total. The number of nitrogens with zero attached hydrogens (tertiary/aromatic N) is 2. The first kappa shape index (κ1) is 13.7. The summed E-state index contributed by atoms with van der Waals surface area (Å²) in [7, 11) is 0. The number of carbonyl (C=O) groups is 1. The van der Waals surface area contributed by atoms with E-state index < -0.39 is 18.1 Å². The van der Waals surface area contributed by atoms with Crippen molar-refractivity contribution >= 4 is 38.6 Å². The first-order valence-electron chi connectivity index (χ1n) is 5.56. The lowest BCUT2D eigenvalue weighted by molar-refractivity contribution is -0.140. The Balaban J connectivity index is 2.44. The normalized spacial score (nSPS) is 14.1. The zero-order chi connectivity index (χ0) is 14.0. The Labute approximate surface area is 117 Å². The lowest BCUT2D eigenvalue weighted by Gasteiger charge is -2.18. The van der Waals surface area contributed by atoms with Gasteiger partial charge in [0, 0.05) is 9.86 Å². The molecule has 1 aromatic carbocycles. The molecular weight excluding hydrogens is 314 g/mol. The largest absolute Gasteiger partial charge is 0.480 e. The van der Waals surface area contributed by atoms with Gasteiger partial charge in [-0.25, -0.2) is 14.8 Å². The van der Waals surface area contributed by atoms with Gasteiger partial charge in [-0.15, -0.1) is 0 Å². The Morgan fingerprint density at radius 2 is 2.16 bits per heavy atom. The van der Waals surface area contributed by atoms with Gasteiger partial charge in [0.1, 0.15) is 12.1 Å². The lowest BCUT2D eigenvalue weighted by atomic mass is 10.1. The molecule has 0 bridgehead atoms. The van der Waals surface area contributed by atoms with Crippen molar-refractivity contribution in [3.63, 3.8) is 0 Å². The molecule has 0 saturated heterocycles. The van der Waals surface area contributed by atoms with Crippen LogP contribution in [0.2, 0.25) is 0 Å². The van der Waals surface area contributed by atoms with Crippen LogP contribution in [-0.2, 0) is 4.79 Å². The topological polar surface area (TPSA) is 95.3 Å². The van der Waals surface area contributed by atoms with Crippen molar-refractivity contribution in [3.8, 4) is 0 Å². The van der Waals surface area contributed by atoms with E-state index in [1.807, 2.05) is 6.07 Å². The molecule has 2 atom stereocenters. The van der Waals surface area contributed by atoms with E-state index in [0.717, 1.165) is 4.47 Å². The molecule has 7 heteroatoms. The summed E-state index contributed by atoms with van der Waals surface area (Å²) in [5.41, 5.74) is 0.690. The van der Waals surface area contributed by atoms with Gasteiger partial charge in [-0.1, -0.05) is 15.9 Å². The molecule has 1 heterocycles. The van der Waals surface area contributed by atoms with Crippen molar-refractivity contribution in [1.82, 2.24) is 9.97 Å². The summed E-state index contributed by atoms with van der Waals surface area (Å²) in [6, 6.07) is 4.29. The Morgan fingerprint density at radius 3 is 2.79 bits per heavy atom. The predicted molar refractivity (Wildman–Crippen MR) is 74.0 cm³/mol. The standard InChI is InChI=1S/C12H12BrN3O3/c1-6(17)10(12(18)19)16-11-8-4-7(13)2-3-9(8)14-5-15-11/h2-6,10,17H,1H3,(H,18,19)(H,14,15,16)/t6-,10-/m0/s1. The molecule has 0 fully saturated rings. The second kappa shape index (κ2) is 5.50. The second-order valence-electron chi connectivity index (χ2n) is 4.08. The summed E-state index contributed by atoms with van der Waals surface area (Å²) in [6.45, 7) is 1.41. The number of hydrogen-bond acceptors (Lipinski definition) is 5. The van der Waals surface area contributed by atoms with Crippen molar-refractivity contribution in [2.24, 2.45) is 0 Å². The van der Waals surface area contributed by atoms with Crippen LogP contribution < -0.4 is 5.32 Å². The van der Waals surface area contributed by atoms with Crippen molar-refractivity contribution in [1.29, 1.82) is 0 Å². The maximum atomic E-state index is 11.1. The SMILES string of the molecule is C[C@H](O)[C@H](Nc1ncnc2ccc(Br)cc12)C(=O)O. The molecule has 100 valence electrons. The second-order valence-corrected chi connectivity index (χ2v) is 5.00. The average Bonchev–Trinajstić information content (AvgIpc) is 2.35. The molecule has 0 spiro atoms. The van der Waals surface area contributed by atoms with Gasteiger partial charge in [0.15, 0.2) is 6.04 Å². The third kappa shape index (κ3) is 2.99. The zero-order valence-corrected chi connectivity index (χ0v) is 11.6. The van der Waals surface area contributed by atoms with Crippen LogP contribution in [0.3, 0.4) is 0 Å². The molecule has 2 aromatic rings. The average molecular weight is 326 g/mol. The van der Waals surface area contributed by atoms with Crippen molar-refractivity contribution < 1.29 is 15.0 Å². The van der Waals surface area contributed by atoms with Crippen LogP contribution in [0, 0.1) is 0 Å². The van der Waals surface area contributed by atoms with Crippen LogP contribution in [-0.4, -0.2) is 38.3 Å². The van der Waals surface area contributed by atoms with E-state index in [1.165, 1.54) is 13.3 Å². The molecule has 19 heavy (non-hydrogen) atoms. The molecule has 0 saturated carbocycles. The van der Waals surface area contributed by atoms with Crippen LogP contribution in [0.1, 0.15) is 6.92 Å². The number of carboxylic acids is 1. The van der Waals surface area contributed by atoms with Crippen LogP contribution in [0.4, 0.5) is 5.82 Å². The fourth-order valence-corrected chi connectivity index (χ4v) is 2.04. The summed E-state index contributed by atoms with van der Waals surface area (Å²) in [6.07, 6.45) is 0.300. The molecule has 0 radical (unpaired) electrons. The van der Waals surface area contributed by atoms with Crippen molar-refractivity contribution in [2.75, 3.05) is 5.32 Å². The minimum Gasteiger partial charge on any atom is -0.480 e. The maximum Gasteiger partial charge on any atom is 0.328 e. The summed E-state index contributed by atoms with van der Waals surface area (Å²) in [4.78, 5) is 19.2. The van der Waals surface area contributed by atoms with Crippen LogP contribution >= 0.6 is 15.9 Å². The van der Waals surface area contributed by atoms with Crippen LogP contribution in [0.25, 0.3) is 10.9 Å². The zero-order valence-electron chi connectivity index (χ0n) is 10.0. The number of fused-ring (bicyclic) bond motifs is 1. The quantitative estimate of drug-likeness (QED) is 0.791. The number of carboxylic acid groups (broad SMARTS) is 1. The molecule has 0 aliphatic heterocycles. The number of aliphatic hydroxyl groups is 1. The van der Waals surface area contributed by atoms with Gasteiger partial charge in [-0.3, -0.25) is 0 Å². The number of hydrogen-bond donors (Lipinski definition) is 3. The number of rotatable bonds is 4. The van der Waals surface area contributed by atoms with Gasteiger partial charge in [-0.05, 0) is 25.1 Å². The Morgan fingerprint density at radius 1 is 1.42 bits per heavy atom. The highest BCUT2D eigenvalue weighted by molar-refractivity contribution is 9.10. The monoisotopic (exact) mass is 325 g/mol. The molecular formula is C12H12BrN3O3. The number of halogens is 1. The number of anilines is 1. The number of aliphatic carboxylic acids is 1. The first-order chi connectivity index (χ1) is 8.99. The smallest absolute Gasteiger partial charge is 0.328 e. The number of nitrogens with one attached hydrogen (secondary N) is 1. The van der Waals surface area contributed by atoms with E-state index in [2.05, 4.69) is 31.2 Å². The number of aromatic nitrogens is 2. The third-order valence-corrected chi connectivity index (χ3v) is 3.13. The predicted octanol–water partition coefficient (Wildman–Crippen LogP) is 1.64. The Hall–Kier alpha value is -1.73. The van der Waals surface area contributed by atoms with E-state index in [-0.39, 0.29) is 0 Å². The highest BCUT2D eigenvalue weighted by atomic mass is 79.9. The molecule has 0 aliphatic rings. The van der Waals surface area contributed by atoms with E-state index in [4.69, 9.17) is 5.11 Å². The minimum absolute atomic E-state index is 0.375. The van der Waals surface area contributed by atoms with Crippen LogP contribution in [0.5, 0.6) is 0 Å². The third-order valence-electron chi connectivity index (χ3n) is 2.64. The Kier molecular flexibility index (Phi) is 3.96. The molecule has 0 aliphatic carbocycles. The van der Waals surface area contributed by atoms with Gasteiger partial charge >= 0.3 is 5.97 Å². The highest BCUT2D eigenvalue weighted by Gasteiger charge is 2.24. The summed E-state index contributed by atoms with van der Waals surface area (Å²) >= 11 is 3.34. The van der Waals surface area contributed by atoms with Gasteiger partial charge in [0.2, 0.25) is 0 Å². The van der Waals surface area contributed by atoms with E-state index in [0.29, 0.717) is 16.7 Å². The highest BCUT2D eigenvalue weighted by Crippen LogP contribution is 2.24. The van der Waals surface area contributed by atoms with Gasteiger partial charge in [0.25, 0.3) is 0 Å². The van der Waals surface area contributed by atoms with E-state index in [9.17, 15) is 9.90 Å². The summed E-state index contributed by atoms with van der Waals surface area (Å²) in [5.74, 6) is -0.767. The maximum absolute atomic E-state index is 11.1. The number of benzene rings is 1. The fourth-order valence-electron chi connectivity index (χ4n) is 1.68. The van der Waals surface area contributed by atoms with Gasteiger partial charge in [-0.2, -0.15) is 0 Å². The molecule has 2 rings (SSSR count). The lowest BCUT2D eigenvalue weighted by Crippen LogP contribution is -2.39. The molecule has 0 amide bonds. The Bertz CT molecular complexity index is 618. The minimum atomic E-state index is -1.14. The van der Waals surface area contributed by atoms with E-state index >= 15 is 0 Å². The first-order valence-corrected chi connectivity index (χ1v) is 6.36. The van der Waals surface area contributed by atoms with Gasteiger partial charge in [0.05, 0.1) is 11.6 Å². The van der Waals surface area contributed by atoms with Gasteiger partial charge < -0.3 is 15.5 Å². The fraction of sp³-hybridized carbons (Fsp3) is 0.250. The molecule has 6 nitrogen and oxygen atoms in total.